The Hall–Kier alpha value is -0.890. The van der Waals surface area contributed by atoms with Crippen molar-refractivity contribution in [2.45, 2.75) is 5.54 Å². The molecule has 118 valence electrons. The van der Waals surface area contributed by atoms with Crippen LogP contribution >= 0.6 is 38.9 Å². The molecular formula is C14H13BrClFN2O2S. The quantitative estimate of drug-likeness (QED) is 0.772. The number of hydrogen-bond acceptors (Lipinski definition) is 4. The summed E-state index contributed by atoms with van der Waals surface area (Å²) in [6.07, 6.45) is 0.680. The zero-order chi connectivity index (χ0) is 15.9. The van der Waals surface area contributed by atoms with Crippen molar-refractivity contribution in [2.75, 3.05) is 31.7 Å². The monoisotopic (exact) mass is 406 g/mol. The third kappa shape index (κ3) is 2.60. The fourth-order valence-corrected chi connectivity index (χ4v) is 4.97. The fourth-order valence-electron chi connectivity index (χ4n) is 2.76. The number of ether oxygens (including phenoxy) is 1. The van der Waals surface area contributed by atoms with Crippen molar-refractivity contribution in [1.29, 1.82) is 0 Å². The molecule has 22 heavy (non-hydrogen) atoms. The number of hydrogen-bond donors (Lipinski definition) is 1. The van der Waals surface area contributed by atoms with Crippen molar-refractivity contribution in [3.05, 3.63) is 27.4 Å². The van der Waals surface area contributed by atoms with Crippen molar-refractivity contribution in [3.8, 4) is 0 Å². The molecule has 3 rings (SSSR count). The summed E-state index contributed by atoms with van der Waals surface area (Å²) in [6, 6.07) is 3.26. The van der Waals surface area contributed by atoms with Crippen LogP contribution in [0, 0.1) is 5.82 Å². The highest BCUT2D eigenvalue weighted by Gasteiger charge is 2.44. The highest BCUT2D eigenvalue weighted by Crippen LogP contribution is 2.46. The lowest BCUT2D eigenvalue weighted by molar-refractivity contribution is -0.112. The van der Waals surface area contributed by atoms with Gasteiger partial charge < -0.3 is 15.0 Å². The molecule has 4 nitrogen and oxygen atoms in total. The molecule has 0 spiro atoms. The number of amides is 1. The molecule has 2 aromatic rings. The van der Waals surface area contributed by atoms with Crippen LogP contribution in [-0.4, -0.2) is 38.8 Å². The number of carbonyl (C=O) groups is 1. The van der Waals surface area contributed by atoms with E-state index in [9.17, 15) is 9.18 Å². The van der Waals surface area contributed by atoms with E-state index in [0.717, 1.165) is 9.70 Å². The van der Waals surface area contributed by atoms with Crippen LogP contribution in [0.4, 0.5) is 9.39 Å². The normalized spacial score (nSPS) is 16.6. The summed E-state index contributed by atoms with van der Waals surface area (Å²) in [5.41, 5.74) is -0.408. The number of methoxy groups -OCH3 is 1. The number of fused-ring (bicyclic) bond motifs is 1. The summed E-state index contributed by atoms with van der Waals surface area (Å²) >= 11 is 11.1. The van der Waals surface area contributed by atoms with Crippen molar-refractivity contribution in [3.63, 3.8) is 0 Å². The highest BCUT2D eigenvalue weighted by atomic mass is 79.9. The van der Waals surface area contributed by atoms with E-state index in [-0.39, 0.29) is 5.82 Å². The van der Waals surface area contributed by atoms with Crippen LogP contribution in [0.25, 0.3) is 10.1 Å². The molecule has 1 aromatic carbocycles. The largest absolute Gasteiger partial charge is 0.382 e. The summed E-state index contributed by atoms with van der Waals surface area (Å²) in [5, 5.41) is 4.48. The molecule has 8 heteroatoms. The third-order valence-electron chi connectivity index (χ3n) is 3.69. The molecule has 0 bridgehead atoms. The van der Waals surface area contributed by atoms with E-state index in [1.54, 1.807) is 7.11 Å². The Morgan fingerprint density at radius 3 is 2.95 bits per heavy atom. The molecule has 1 saturated heterocycles. The fraction of sp³-hybridized carbons (Fsp3) is 0.357. The van der Waals surface area contributed by atoms with Crippen molar-refractivity contribution < 1.29 is 13.9 Å². The second-order valence-corrected chi connectivity index (χ2v) is 7.64. The Morgan fingerprint density at radius 1 is 1.59 bits per heavy atom. The molecule has 0 saturated carbocycles. The van der Waals surface area contributed by atoms with Gasteiger partial charge >= 0.3 is 0 Å². The zero-order valence-electron chi connectivity index (χ0n) is 11.7. The molecule has 1 amide bonds. The Balaban J connectivity index is 1.91. The lowest BCUT2D eigenvalue weighted by atomic mass is 9.91. The number of halogens is 3. The highest BCUT2D eigenvalue weighted by molar-refractivity contribution is 9.10. The lowest BCUT2D eigenvalue weighted by Gasteiger charge is -2.50. The van der Waals surface area contributed by atoms with Gasteiger partial charge in [-0.25, -0.2) is 4.39 Å². The number of carbonyl (C=O) groups excluding carboxylic acids is 1. The average Bonchev–Trinajstić information content (AvgIpc) is 2.72. The van der Waals surface area contributed by atoms with Gasteiger partial charge in [-0.3, -0.25) is 4.79 Å². The first-order chi connectivity index (χ1) is 10.5. The summed E-state index contributed by atoms with van der Waals surface area (Å²) in [4.78, 5) is 12.8. The number of rotatable bonds is 5. The van der Waals surface area contributed by atoms with E-state index in [2.05, 4.69) is 21.2 Å². The second kappa shape index (κ2) is 5.96. The van der Waals surface area contributed by atoms with Crippen LogP contribution in [0.1, 0.15) is 0 Å². The molecule has 1 aromatic heterocycles. The number of anilines is 1. The van der Waals surface area contributed by atoms with Crippen LogP contribution in [0.2, 0.25) is 5.02 Å². The topological polar surface area (TPSA) is 41.6 Å². The molecule has 0 unspecified atom stereocenters. The molecule has 1 fully saturated rings. The SMILES string of the molecule is COCC1(NC=O)CN(c2sc3cc(Br)cc(F)c3c2Cl)C1. The smallest absolute Gasteiger partial charge is 0.207 e. The summed E-state index contributed by atoms with van der Waals surface area (Å²) in [7, 11) is 1.59. The molecule has 0 aliphatic carbocycles. The second-order valence-electron chi connectivity index (χ2n) is 5.31. The predicted octanol–water partition coefficient (Wildman–Crippen LogP) is 3.41. The summed E-state index contributed by atoms with van der Waals surface area (Å²) < 4.78 is 20.7. The van der Waals surface area contributed by atoms with E-state index >= 15 is 0 Å². The number of benzene rings is 1. The standard InChI is InChI=1S/C14H13BrClFN2O2S/c1-21-6-14(18-7-20)4-19(5-14)13-12(16)11-9(17)2-8(15)3-10(11)22-13/h2-3,7H,4-6H2,1H3,(H,18,20). The predicted molar refractivity (Wildman–Crippen MR) is 90.5 cm³/mol. The Kier molecular flexibility index (Phi) is 4.33. The van der Waals surface area contributed by atoms with Crippen LogP contribution in [-0.2, 0) is 9.53 Å². The van der Waals surface area contributed by atoms with E-state index in [0.29, 0.717) is 41.0 Å². The van der Waals surface area contributed by atoms with Gasteiger partial charge in [-0.05, 0) is 12.1 Å². The van der Waals surface area contributed by atoms with Crippen LogP contribution in [0.5, 0.6) is 0 Å². The molecular weight excluding hydrogens is 395 g/mol. The molecule has 1 aliphatic heterocycles. The van der Waals surface area contributed by atoms with Crippen molar-refractivity contribution in [2.24, 2.45) is 0 Å². The molecule has 2 heterocycles. The van der Waals surface area contributed by atoms with Crippen molar-refractivity contribution >= 4 is 60.4 Å². The van der Waals surface area contributed by atoms with Gasteiger partial charge in [-0.1, -0.05) is 27.5 Å². The molecule has 0 radical (unpaired) electrons. The third-order valence-corrected chi connectivity index (χ3v) is 5.83. The maximum absolute atomic E-state index is 14.1. The Bertz CT molecular complexity index is 733. The first kappa shape index (κ1) is 16.0. The minimum absolute atomic E-state index is 0.341. The van der Waals surface area contributed by atoms with Gasteiger partial charge in [0.25, 0.3) is 0 Å². The van der Waals surface area contributed by atoms with E-state index in [1.165, 1.54) is 17.4 Å². The lowest BCUT2D eigenvalue weighted by Crippen LogP contribution is -2.71. The minimum Gasteiger partial charge on any atom is -0.382 e. The van der Waals surface area contributed by atoms with Crippen LogP contribution < -0.4 is 10.2 Å². The van der Waals surface area contributed by atoms with Gasteiger partial charge in [0, 0.05) is 34.8 Å². The van der Waals surface area contributed by atoms with Crippen LogP contribution in [0.3, 0.4) is 0 Å². The maximum atomic E-state index is 14.1. The van der Waals surface area contributed by atoms with Gasteiger partial charge in [-0.15, -0.1) is 11.3 Å². The van der Waals surface area contributed by atoms with E-state index < -0.39 is 5.54 Å². The zero-order valence-corrected chi connectivity index (χ0v) is 14.8. The number of thiophene rings is 1. The summed E-state index contributed by atoms with van der Waals surface area (Å²) in [5.74, 6) is -0.341. The number of nitrogens with one attached hydrogen (secondary N) is 1. The summed E-state index contributed by atoms with van der Waals surface area (Å²) in [6.45, 7) is 1.58. The van der Waals surface area contributed by atoms with Gasteiger partial charge in [0.1, 0.15) is 10.8 Å². The molecule has 0 atom stereocenters. The maximum Gasteiger partial charge on any atom is 0.207 e. The van der Waals surface area contributed by atoms with Gasteiger partial charge in [-0.2, -0.15) is 0 Å². The van der Waals surface area contributed by atoms with Crippen molar-refractivity contribution in [1.82, 2.24) is 5.32 Å². The average molecular weight is 408 g/mol. The van der Waals surface area contributed by atoms with E-state index in [4.69, 9.17) is 16.3 Å². The first-order valence-electron chi connectivity index (χ1n) is 6.52. The molecule has 1 aliphatic rings. The molecule has 1 N–H and O–H groups in total. The van der Waals surface area contributed by atoms with Gasteiger partial charge in [0.15, 0.2) is 0 Å². The van der Waals surface area contributed by atoms with Gasteiger partial charge in [0.05, 0.1) is 17.2 Å². The first-order valence-corrected chi connectivity index (χ1v) is 8.51. The minimum atomic E-state index is -0.408. The Labute approximate surface area is 144 Å². The van der Waals surface area contributed by atoms with E-state index in [1.807, 2.05) is 11.0 Å². The number of nitrogens with zero attached hydrogens (tertiary/aromatic N) is 1. The Morgan fingerprint density at radius 2 is 2.32 bits per heavy atom. The van der Waals surface area contributed by atoms with Gasteiger partial charge in [0.2, 0.25) is 6.41 Å². The van der Waals surface area contributed by atoms with Crippen LogP contribution in [0.15, 0.2) is 16.6 Å².